The van der Waals surface area contributed by atoms with Gasteiger partial charge in [-0.25, -0.2) is 4.39 Å². The maximum atomic E-state index is 12.9. The third kappa shape index (κ3) is 5.55. The third-order valence-electron chi connectivity index (χ3n) is 3.39. The molecule has 0 aromatic heterocycles. The molecular formula is C16H12ClF4N3O3. The lowest BCUT2D eigenvalue weighted by atomic mass is 10.1. The number of rotatable bonds is 6. The fourth-order valence-corrected chi connectivity index (χ4v) is 2.34. The Labute approximate surface area is 155 Å². The second-order valence-electron chi connectivity index (χ2n) is 5.34. The van der Waals surface area contributed by atoms with E-state index in [1.54, 1.807) is 0 Å². The summed E-state index contributed by atoms with van der Waals surface area (Å²) in [6.45, 7) is -0.0865. The van der Waals surface area contributed by atoms with Crippen LogP contribution < -0.4 is 10.6 Å². The molecule has 0 radical (unpaired) electrons. The van der Waals surface area contributed by atoms with Crippen LogP contribution in [0.1, 0.15) is 12.0 Å². The molecule has 0 aliphatic rings. The Kier molecular flexibility index (Phi) is 6.21. The highest BCUT2D eigenvalue weighted by molar-refractivity contribution is 6.33. The molecule has 0 atom stereocenters. The second-order valence-corrected chi connectivity index (χ2v) is 5.74. The first kappa shape index (κ1) is 20.4. The number of nitrogens with zero attached hydrogens (tertiary/aromatic N) is 1. The van der Waals surface area contributed by atoms with Crippen LogP contribution in [-0.4, -0.2) is 17.4 Å². The predicted molar refractivity (Wildman–Crippen MR) is 91.2 cm³/mol. The van der Waals surface area contributed by atoms with Gasteiger partial charge in [0.15, 0.2) is 0 Å². The first-order chi connectivity index (χ1) is 12.6. The number of benzene rings is 2. The Morgan fingerprint density at radius 2 is 1.81 bits per heavy atom. The van der Waals surface area contributed by atoms with Crippen molar-refractivity contribution in [1.82, 2.24) is 0 Å². The van der Waals surface area contributed by atoms with Gasteiger partial charge in [-0.15, -0.1) is 0 Å². The van der Waals surface area contributed by atoms with Crippen LogP contribution >= 0.6 is 11.6 Å². The first-order valence-corrected chi connectivity index (χ1v) is 7.80. The Bertz CT molecular complexity index is 874. The minimum Gasteiger partial charge on any atom is -0.379 e. The van der Waals surface area contributed by atoms with Crippen LogP contribution in [0.3, 0.4) is 0 Å². The molecule has 2 rings (SSSR count). The molecule has 144 valence electrons. The summed E-state index contributed by atoms with van der Waals surface area (Å²) in [5.74, 6) is -1.10. The zero-order valence-electron chi connectivity index (χ0n) is 13.4. The highest BCUT2D eigenvalue weighted by Gasteiger charge is 2.33. The molecule has 0 aliphatic heterocycles. The number of carbonyl (C=O) groups is 1. The monoisotopic (exact) mass is 405 g/mol. The van der Waals surface area contributed by atoms with E-state index in [0.29, 0.717) is 12.1 Å². The quantitative estimate of drug-likeness (QED) is 0.409. The number of alkyl halides is 3. The van der Waals surface area contributed by atoms with Crippen molar-refractivity contribution < 1.29 is 27.3 Å². The van der Waals surface area contributed by atoms with Crippen molar-refractivity contribution in [3.05, 3.63) is 62.9 Å². The molecule has 0 saturated heterocycles. The van der Waals surface area contributed by atoms with Gasteiger partial charge >= 0.3 is 6.18 Å². The van der Waals surface area contributed by atoms with E-state index in [2.05, 4.69) is 10.6 Å². The summed E-state index contributed by atoms with van der Waals surface area (Å²) < 4.78 is 50.9. The summed E-state index contributed by atoms with van der Waals surface area (Å²) in [4.78, 5) is 21.9. The van der Waals surface area contributed by atoms with Gasteiger partial charge in [-0.05, 0) is 30.3 Å². The van der Waals surface area contributed by atoms with Gasteiger partial charge in [-0.1, -0.05) is 11.6 Å². The lowest BCUT2D eigenvalue weighted by Crippen LogP contribution is -2.17. The van der Waals surface area contributed by atoms with Gasteiger partial charge in [0.25, 0.3) is 5.69 Å². The van der Waals surface area contributed by atoms with Gasteiger partial charge in [-0.2, -0.15) is 13.2 Å². The molecule has 0 heterocycles. The number of hydrogen-bond acceptors (Lipinski definition) is 4. The van der Waals surface area contributed by atoms with E-state index in [-0.39, 0.29) is 29.4 Å². The van der Waals surface area contributed by atoms with Crippen molar-refractivity contribution in [3.8, 4) is 0 Å². The minimum absolute atomic E-state index is 0.00492. The molecule has 6 nitrogen and oxygen atoms in total. The molecule has 0 aliphatic carbocycles. The Hall–Kier alpha value is -2.88. The highest BCUT2D eigenvalue weighted by Crippen LogP contribution is 2.34. The van der Waals surface area contributed by atoms with Gasteiger partial charge in [0.2, 0.25) is 5.91 Å². The largest absolute Gasteiger partial charge is 0.416 e. The summed E-state index contributed by atoms with van der Waals surface area (Å²) in [7, 11) is 0. The SMILES string of the molecule is O=C(CCNc1ccc(C(F)(F)F)cc1[N+](=O)[O-])Nc1ccc(F)cc1Cl. The van der Waals surface area contributed by atoms with Gasteiger partial charge in [-0.3, -0.25) is 14.9 Å². The van der Waals surface area contributed by atoms with Gasteiger partial charge in [0.1, 0.15) is 11.5 Å². The summed E-state index contributed by atoms with van der Waals surface area (Å²) in [6.07, 6.45) is -4.87. The van der Waals surface area contributed by atoms with E-state index in [1.165, 1.54) is 6.07 Å². The summed E-state index contributed by atoms with van der Waals surface area (Å²) in [5, 5.41) is 16.0. The molecule has 27 heavy (non-hydrogen) atoms. The zero-order valence-corrected chi connectivity index (χ0v) is 14.2. The van der Waals surface area contributed by atoms with Crippen molar-refractivity contribution in [3.63, 3.8) is 0 Å². The predicted octanol–water partition coefficient (Wildman–Crippen LogP) is 4.85. The minimum atomic E-state index is -4.71. The van der Waals surface area contributed by atoms with Crippen molar-refractivity contribution in [1.29, 1.82) is 0 Å². The van der Waals surface area contributed by atoms with E-state index in [0.717, 1.165) is 18.2 Å². The number of halogens is 5. The van der Waals surface area contributed by atoms with Crippen molar-refractivity contribution in [2.45, 2.75) is 12.6 Å². The van der Waals surface area contributed by atoms with E-state index in [9.17, 15) is 32.5 Å². The van der Waals surface area contributed by atoms with Crippen LogP contribution in [0.15, 0.2) is 36.4 Å². The maximum Gasteiger partial charge on any atom is 0.416 e. The number of amides is 1. The normalized spacial score (nSPS) is 11.1. The number of hydrogen-bond donors (Lipinski definition) is 2. The fourth-order valence-electron chi connectivity index (χ4n) is 2.12. The number of nitro groups is 1. The molecule has 0 bridgehead atoms. The standard InChI is InChI=1S/C16H12ClF4N3O3/c17-11-8-10(18)2-4-12(11)23-15(25)5-6-22-13-3-1-9(16(19,20)21)7-14(13)24(26)27/h1-4,7-8,22H,5-6H2,(H,23,25). The van der Waals surface area contributed by atoms with E-state index < -0.39 is 34.1 Å². The second kappa shape index (κ2) is 8.21. The molecular weight excluding hydrogens is 394 g/mol. The van der Waals surface area contributed by atoms with Gasteiger partial charge < -0.3 is 10.6 Å². The summed E-state index contributed by atoms with van der Waals surface area (Å²) in [6, 6.07) is 5.43. The summed E-state index contributed by atoms with van der Waals surface area (Å²) >= 11 is 5.77. The highest BCUT2D eigenvalue weighted by atomic mass is 35.5. The molecule has 2 aromatic rings. The lowest BCUT2D eigenvalue weighted by Gasteiger charge is -2.11. The number of carbonyl (C=O) groups excluding carboxylic acids is 1. The van der Waals surface area contributed by atoms with E-state index in [4.69, 9.17) is 11.6 Å². The van der Waals surface area contributed by atoms with Crippen molar-refractivity contribution in [2.75, 3.05) is 17.2 Å². The number of nitrogens with one attached hydrogen (secondary N) is 2. The molecule has 0 unspecified atom stereocenters. The van der Waals surface area contributed by atoms with Crippen molar-refractivity contribution in [2.24, 2.45) is 0 Å². The third-order valence-corrected chi connectivity index (χ3v) is 3.71. The average molecular weight is 406 g/mol. The van der Waals surface area contributed by atoms with Crippen LogP contribution in [0.4, 0.5) is 34.6 Å². The molecule has 2 aromatic carbocycles. The van der Waals surface area contributed by atoms with Crippen LogP contribution in [0, 0.1) is 15.9 Å². The van der Waals surface area contributed by atoms with Crippen LogP contribution in [-0.2, 0) is 11.0 Å². The van der Waals surface area contributed by atoms with Crippen LogP contribution in [0.5, 0.6) is 0 Å². The smallest absolute Gasteiger partial charge is 0.379 e. The zero-order chi connectivity index (χ0) is 20.2. The van der Waals surface area contributed by atoms with Crippen LogP contribution in [0.25, 0.3) is 0 Å². The van der Waals surface area contributed by atoms with Gasteiger partial charge in [0, 0.05) is 19.0 Å². The number of nitro benzene ring substituents is 1. The lowest BCUT2D eigenvalue weighted by molar-refractivity contribution is -0.384. The Morgan fingerprint density at radius 1 is 1.15 bits per heavy atom. The molecule has 1 amide bonds. The molecule has 0 spiro atoms. The van der Waals surface area contributed by atoms with Gasteiger partial charge in [0.05, 0.1) is 21.2 Å². The van der Waals surface area contributed by atoms with E-state index >= 15 is 0 Å². The summed E-state index contributed by atoms with van der Waals surface area (Å²) in [5.41, 5.74) is -1.88. The Morgan fingerprint density at radius 3 is 2.41 bits per heavy atom. The number of anilines is 2. The molecule has 0 saturated carbocycles. The average Bonchev–Trinajstić information content (AvgIpc) is 2.56. The van der Waals surface area contributed by atoms with Crippen LogP contribution in [0.2, 0.25) is 5.02 Å². The molecule has 2 N–H and O–H groups in total. The topological polar surface area (TPSA) is 84.3 Å². The maximum absolute atomic E-state index is 12.9. The van der Waals surface area contributed by atoms with Crippen molar-refractivity contribution >= 4 is 34.6 Å². The molecule has 0 fully saturated rings. The first-order valence-electron chi connectivity index (χ1n) is 7.42. The Balaban J connectivity index is 2.00. The molecule has 11 heteroatoms. The fraction of sp³-hybridized carbons (Fsp3) is 0.188. The van der Waals surface area contributed by atoms with E-state index in [1.807, 2.05) is 0 Å².